The van der Waals surface area contributed by atoms with E-state index in [0.717, 1.165) is 0 Å². The summed E-state index contributed by atoms with van der Waals surface area (Å²) in [5.41, 5.74) is 6.21. The highest BCUT2D eigenvalue weighted by Crippen LogP contribution is 2.29. The van der Waals surface area contributed by atoms with Crippen LogP contribution in [0.1, 0.15) is 20.3 Å². The summed E-state index contributed by atoms with van der Waals surface area (Å²) in [7, 11) is -3.38. The van der Waals surface area contributed by atoms with Crippen molar-refractivity contribution in [1.29, 1.82) is 0 Å². The fraction of sp³-hybridized carbons (Fsp3) is 0.278. The van der Waals surface area contributed by atoms with E-state index in [-0.39, 0.29) is 47.2 Å². The van der Waals surface area contributed by atoms with E-state index in [4.69, 9.17) is 10.5 Å². The molecule has 8 heteroatoms. The lowest BCUT2D eigenvalue weighted by Crippen LogP contribution is -2.23. The molecule has 2 aromatic rings. The number of amides is 1. The van der Waals surface area contributed by atoms with Crippen LogP contribution in [0.3, 0.4) is 0 Å². The number of carbonyl (C=O) groups is 1. The average molecular weight is 399 g/mol. The van der Waals surface area contributed by atoms with Crippen LogP contribution in [0.4, 0.5) is 5.69 Å². The van der Waals surface area contributed by atoms with E-state index < -0.39 is 9.84 Å². The molecule has 0 fully saturated rings. The number of para-hydroxylation sites is 1. The van der Waals surface area contributed by atoms with Crippen LogP contribution in [0, 0.1) is 0 Å². The molecule has 0 saturated carbocycles. The third-order valence-corrected chi connectivity index (χ3v) is 5.20. The topological polar surface area (TPSA) is 98.5 Å². The SMILES string of the molecule is CCS(=O)(=O)c1ccccc1Oc1ccc(NC(=O)CC(C)N)cc1.Cl. The second kappa shape index (κ2) is 9.56. The lowest BCUT2D eigenvalue weighted by Gasteiger charge is -2.12. The number of hydrogen-bond acceptors (Lipinski definition) is 5. The third-order valence-electron chi connectivity index (χ3n) is 3.44. The van der Waals surface area contributed by atoms with E-state index in [9.17, 15) is 13.2 Å². The molecule has 0 aromatic heterocycles. The van der Waals surface area contributed by atoms with Crippen molar-refractivity contribution in [1.82, 2.24) is 0 Å². The molecular formula is C18H23ClN2O4S. The van der Waals surface area contributed by atoms with Crippen molar-refractivity contribution in [2.24, 2.45) is 5.73 Å². The van der Waals surface area contributed by atoms with Gasteiger partial charge in [-0.15, -0.1) is 12.4 Å². The van der Waals surface area contributed by atoms with Crippen LogP contribution in [-0.2, 0) is 14.6 Å². The number of halogens is 1. The molecule has 1 atom stereocenters. The Morgan fingerprint density at radius 3 is 2.35 bits per heavy atom. The van der Waals surface area contributed by atoms with Crippen molar-refractivity contribution < 1.29 is 17.9 Å². The first-order valence-corrected chi connectivity index (χ1v) is 9.62. The minimum atomic E-state index is -3.38. The number of benzene rings is 2. The summed E-state index contributed by atoms with van der Waals surface area (Å²) in [5.74, 6) is 0.586. The largest absolute Gasteiger partial charge is 0.456 e. The van der Waals surface area contributed by atoms with Gasteiger partial charge >= 0.3 is 0 Å². The van der Waals surface area contributed by atoms with E-state index in [2.05, 4.69) is 5.32 Å². The van der Waals surface area contributed by atoms with E-state index in [1.807, 2.05) is 0 Å². The number of anilines is 1. The quantitative estimate of drug-likeness (QED) is 0.744. The Bertz CT molecular complexity index is 837. The fourth-order valence-electron chi connectivity index (χ4n) is 2.18. The zero-order valence-corrected chi connectivity index (χ0v) is 16.3. The molecule has 0 bridgehead atoms. The maximum atomic E-state index is 12.1. The van der Waals surface area contributed by atoms with Gasteiger partial charge < -0.3 is 15.8 Å². The van der Waals surface area contributed by atoms with E-state index >= 15 is 0 Å². The molecule has 2 rings (SSSR count). The molecule has 3 N–H and O–H groups in total. The van der Waals surface area contributed by atoms with Gasteiger partial charge in [-0.1, -0.05) is 19.1 Å². The molecule has 1 unspecified atom stereocenters. The number of nitrogens with two attached hydrogens (primary N) is 1. The molecule has 0 aliphatic carbocycles. The van der Waals surface area contributed by atoms with Crippen molar-refractivity contribution in [3.05, 3.63) is 48.5 Å². The maximum Gasteiger partial charge on any atom is 0.225 e. The summed E-state index contributed by atoms with van der Waals surface area (Å²) in [6.45, 7) is 3.35. The van der Waals surface area contributed by atoms with Gasteiger partial charge in [0.05, 0.1) is 5.75 Å². The summed E-state index contributed by atoms with van der Waals surface area (Å²) >= 11 is 0. The van der Waals surface area contributed by atoms with Gasteiger partial charge in [-0.3, -0.25) is 4.79 Å². The first kappa shape index (κ1) is 22.0. The Hall–Kier alpha value is -2.09. The Morgan fingerprint density at radius 2 is 1.77 bits per heavy atom. The standard InChI is InChI=1S/C18H22N2O4S.ClH/c1-3-25(22,23)17-7-5-4-6-16(17)24-15-10-8-14(9-11-15)20-18(21)12-13(2)19;/h4-11,13H,3,12,19H2,1-2H3,(H,20,21);1H. The second-order valence-corrected chi connectivity index (χ2v) is 7.95. The first-order valence-electron chi connectivity index (χ1n) is 7.97. The molecule has 0 heterocycles. The van der Waals surface area contributed by atoms with Gasteiger partial charge in [-0.25, -0.2) is 8.42 Å². The van der Waals surface area contributed by atoms with Gasteiger partial charge in [0.15, 0.2) is 9.84 Å². The van der Waals surface area contributed by atoms with Gasteiger partial charge in [-0.05, 0) is 43.3 Å². The predicted octanol–water partition coefficient (Wildman–Crippen LogP) is 3.37. The molecule has 6 nitrogen and oxygen atoms in total. The van der Waals surface area contributed by atoms with Crippen LogP contribution >= 0.6 is 12.4 Å². The van der Waals surface area contributed by atoms with Gasteiger partial charge in [-0.2, -0.15) is 0 Å². The molecule has 26 heavy (non-hydrogen) atoms. The number of ether oxygens (including phenoxy) is 1. The normalized spacial score (nSPS) is 12.0. The Kier molecular flexibility index (Phi) is 8.08. The van der Waals surface area contributed by atoms with Crippen LogP contribution in [0.5, 0.6) is 11.5 Å². The average Bonchev–Trinajstić information content (AvgIpc) is 2.56. The molecule has 142 valence electrons. The van der Waals surface area contributed by atoms with Crippen LogP contribution in [0.2, 0.25) is 0 Å². The number of nitrogens with one attached hydrogen (secondary N) is 1. The number of hydrogen-bond donors (Lipinski definition) is 2. The number of sulfone groups is 1. The molecule has 0 saturated heterocycles. The van der Waals surface area contributed by atoms with Gasteiger partial charge in [0, 0.05) is 18.2 Å². The lowest BCUT2D eigenvalue weighted by atomic mass is 10.2. The van der Waals surface area contributed by atoms with Gasteiger partial charge in [0.2, 0.25) is 5.91 Å². The first-order chi connectivity index (χ1) is 11.8. The Balaban J connectivity index is 0.00000338. The Morgan fingerprint density at radius 1 is 1.15 bits per heavy atom. The summed E-state index contributed by atoms with van der Waals surface area (Å²) in [4.78, 5) is 11.9. The predicted molar refractivity (Wildman–Crippen MR) is 105 cm³/mol. The zero-order chi connectivity index (χ0) is 18.4. The van der Waals surface area contributed by atoms with Crippen molar-refractivity contribution in [3.8, 4) is 11.5 Å². The van der Waals surface area contributed by atoms with Crippen molar-refractivity contribution in [3.63, 3.8) is 0 Å². The third kappa shape index (κ3) is 6.01. The molecule has 0 aliphatic heterocycles. The highest BCUT2D eigenvalue weighted by Gasteiger charge is 2.17. The second-order valence-electron chi connectivity index (χ2n) is 5.71. The van der Waals surface area contributed by atoms with Gasteiger partial charge in [0.1, 0.15) is 16.4 Å². The van der Waals surface area contributed by atoms with E-state index in [1.165, 1.54) is 6.07 Å². The molecule has 1 amide bonds. The van der Waals surface area contributed by atoms with Crippen LogP contribution < -0.4 is 15.8 Å². The summed E-state index contributed by atoms with van der Waals surface area (Å²) in [6, 6.07) is 13.0. The highest BCUT2D eigenvalue weighted by atomic mass is 35.5. The minimum absolute atomic E-state index is 0. The molecule has 0 aliphatic rings. The molecular weight excluding hydrogens is 376 g/mol. The monoisotopic (exact) mass is 398 g/mol. The molecule has 2 aromatic carbocycles. The summed E-state index contributed by atoms with van der Waals surface area (Å²) in [6.07, 6.45) is 0.237. The van der Waals surface area contributed by atoms with Crippen LogP contribution in [0.25, 0.3) is 0 Å². The lowest BCUT2D eigenvalue weighted by molar-refractivity contribution is -0.116. The maximum absolute atomic E-state index is 12.1. The van der Waals surface area contributed by atoms with Crippen molar-refractivity contribution >= 4 is 33.8 Å². The van der Waals surface area contributed by atoms with E-state index in [0.29, 0.717) is 11.4 Å². The van der Waals surface area contributed by atoms with Crippen molar-refractivity contribution in [2.45, 2.75) is 31.2 Å². The number of carbonyl (C=O) groups excluding carboxylic acids is 1. The minimum Gasteiger partial charge on any atom is -0.456 e. The summed E-state index contributed by atoms with van der Waals surface area (Å²) in [5, 5.41) is 2.74. The smallest absolute Gasteiger partial charge is 0.225 e. The highest BCUT2D eigenvalue weighted by molar-refractivity contribution is 7.91. The van der Waals surface area contributed by atoms with Gasteiger partial charge in [0.25, 0.3) is 0 Å². The zero-order valence-electron chi connectivity index (χ0n) is 14.6. The summed E-state index contributed by atoms with van der Waals surface area (Å²) < 4.78 is 30.0. The van der Waals surface area contributed by atoms with Crippen LogP contribution in [-0.4, -0.2) is 26.1 Å². The molecule has 0 spiro atoms. The molecule has 0 radical (unpaired) electrons. The fourth-order valence-corrected chi connectivity index (χ4v) is 3.20. The van der Waals surface area contributed by atoms with E-state index in [1.54, 1.807) is 56.3 Å². The number of rotatable bonds is 7. The van der Waals surface area contributed by atoms with Crippen LogP contribution in [0.15, 0.2) is 53.4 Å². The Labute approximate surface area is 160 Å². The van der Waals surface area contributed by atoms with Crippen molar-refractivity contribution in [2.75, 3.05) is 11.1 Å².